The van der Waals surface area contributed by atoms with E-state index in [1.807, 2.05) is 0 Å². The Balaban J connectivity index is 1.35. The van der Waals surface area contributed by atoms with E-state index in [1.54, 1.807) is 4.70 Å². The zero-order valence-corrected chi connectivity index (χ0v) is 38.6. The third-order valence-electron chi connectivity index (χ3n) is 12.5. The van der Waals surface area contributed by atoms with Gasteiger partial charge in [-0.2, -0.15) is 0 Å². The minimum atomic E-state index is 0.863. The van der Waals surface area contributed by atoms with E-state index >= 15 is 0 Å². The second kappa shape index (κ2) is 32.9. The van der Waals surface area contributed by atoms with Crippen molar-refractivity contribution < 1.29 is 4.70 Å². The van der Waals surface area contributed by atoms with Crippen LogP contribution in [0.1, 0.15) is 255 Å². The molecule has 0 spiro atoms. The SMILES string of the molecule is CCCCCCCCCCCCCCCCCCCCCCCCC#CCCc1ccccc1C1=C(CCCC)C(CCCC)=C(c2cccc(CCCC)c2)[N+]1=[N-]. The maximum absolute atomic E-state index is 12.1. The predicted molar refractivity (Wildman–Crippen MR) is 256 cm³/mol. The first-order valence-corrected chi connectivity index (χ1v) is 25.2. The molecule has 2 aromatic carbocycles. The van der Waals surface area contributed by atoms with Gasteiger partial charge in [0.2, 0.25) is 11.4 Å². The number of benzene rings is 2. The lowest BCUT2D eigenvalue weighted by atomic mass is 9.90. The molecule has 0 amide bonds. The summed E-state index contributed by atoms with van der Waals surface area (Å²) >= 11 is 0. The van der Waals surface area contributed by atoms with Gasteiger partial charge in [-0.05, 0) is 80.7 Å². The Hall–Kier alpha value is -2.92. The molecule has 1 aliphatic rings. The number of rotatable bonds is 35. The van der Waals surface area contributed by atoms with Gasteiger partial charge < -0.3 is 5.53 Å². The largest absolute Gasteiger partial charge is 0.493 e. The number of unbranched alkanes of at least 4 members (excludes halogenated alkanes) is 25. The summed E-state index contributed by atoms with van der Waals surface area (Å²) in [6.45, 7) is 9.10. The molecule has 0 atom stereocenters. The number of hydrogen-bond donors (Lipinski definition) is 0. The summed E-state index contributed by atoms with van der Waals surface area (Å²) in [5.41, 5.74) is 21.8. The van der Waals surface area contributed by atoms with Crippen molar-refractivity contribution in [2.75, 3.05) is 0 Å². The molecule has 0 aliphatic carbocycles. The van der Waals surface area contributed by atoms with Gasteiger partial charge >= 0.3 is 0 Å². The second-order valence-corrected chi connectivity index (χ2v) is 17.7. The Morgan fingerprint density at radius 3 is 1.40 bits per heavy atom. The van der Waals surface area contributed by atoms with E-state index in [0.29, 0.717) is 0 Å². The van der Waals surface area contributed by atoms with E-state index in [-0.39, 0.29) is 0 Å². The molecule has 1 heterocycles. The highest BCUT2D eigenvalue weighted by Gasteiger charge is 2.36. The lowest BCUT2D eigenvalue weighted by Crippen LogP contribution is -2.05. The van der Waals surface area contributed by atoms with Gasteiger partial charge in [-0.25, -0.2) is 4.70 Å². The Morgan fingerprint density at radius 2 is 0.862 bits per heavy atom. The molecule has 0 saturated carbocycles. The Morgan fingerprint density at radius 1 is 0.414 bits per heavy atom. The van der Waals surface area contributed by atoms with Gasteiger partial charge in [0.15, 0.2) is 0 Å². The van der Waals surface area contributed by atoms with Crippen LogP contribution in [0.2, 0.25) is 0 Å². The van der Waals surface area contributed by atoms with Crippen LogP contribution in [0.25, 0.3) is 16.9 Å². The second-order valence-electron chi connectivity index (χ2n) is 17.7. The monoisotopic (exact) mass is 789 g/mol. The van der Waals surface area contributed by atoms with Crippen molar-refractivity contribution in [3.8, 4) is 11.8 Å². The lowest BCUT2D eigenvalue weighted by Gasteiger charge is -2.13. The van der Waals surface area contributed by atoms with Crippen molar-refractivity contribution in [2.24, 2.45) is 0 Å². The van der Waals surface area contributed by atoms with E-state index in [4.69, 9.17) is 0 Å². The van der Waals surface area contributed by atoms with Crippen LogP contribution in [0, 0.1) is 11.8 Å². The zero-order valence-electron chi connectivity index (χ0n) is 38.6. The third kappa shape index (κ3) is 19.4. The number of nitrogens with zero attached hydrogens (tertiary/aromatic N) is 2. The molecule has 58 heavy (non-hydrogen) atoms. The molecule has 0 bridgehead atoms. The van der Waals surface area contributed by atoms with Gasteiger partial charge in [-0.15, -0.1) is 11.8 Å². The van der Waals surface area contributed by atoms with Gasteiger partial charge in [0.1, 0.15) is 0 Å². The minimum Gasteiger partial charge on any atom is -0.493 e. The first-order valence-electron chi connectivity index (χ1n) is 25.2. The van der Waals surface area contributed by atoms with E-state index in [2.05, 4.69) is 88.1 Å². The summed E-state index contributed by atoms with van der Waals surface area (Å²) in [7, 11) is 0. The molecule has 2 nitrogen and oxygen atoms in total. The maximum atomic E-state index is 12.1. The Kier molecular flexibility index (Phi) is 28.0. The molecule has 0 fully saturated rings. The maximum Gasteiger partial charge on any atom is 0.211 e. The molecule has 0 aromatic heterocycles. The summed E-state index contributed by atoms with van der Waals surface area (Å²) in [4.78, 5) is 0. The van der Waals surface area contributed by atoms with Crippen LogP contribution in [-0.2, 0) is 12.8 Å². The zero-order chi connectivity index (χ0) is 41.3. The molecule has 0 radical (unpaired) electrons. The highest BCUT2D eigenvalue weighted by atomic mass is 15.2. The van der Waals surface area contributed by atoms with Gasteiger partial charge in [-0.3, -0.25) is 0 Å². The lowest BCUT2D eigenvalue weighted by molar-refractivity contribution is -0.345. The van der Waals surface area contributed by atoms with Crippen LogP contribution < -0.4 is 0 Å². The number of allylic oxidation sites excluding steroid dienone is 2. The van der Waals surface area contributed by atoms with Crippen LogP contribution in [0.5, 0.6) is 0 Å². The molecule has 2 aromatic rings. The Bertz CT molecular complexity index is 1510. The van der Waals surface area contributed by atoms with Crippen molar-refractivity contribution in [1.29, 1.82) is 0 Å². The molecule has 0 saturated heterocycles. The smallest absolute Gasteiger partial charge is 0.211 e. The first-order chi connectivity index (χ1) is 28.7. The van der Waals surface area contributed by atoms with Gasteiger partial charge in [0, 0.05) is 35.1 Å². The fraction of sp³-hybridized carbons (Fsp3) is 0.679. The van der Waals surface area contributed by atoms with Crippen LogP contribution in [0.4, 0.5) is 0 Å². The third-order valence-corrected chi connectivity index (χ3v) is 12.5. The van der Waals surface area contributed by atoms with E-state index in [0.717, 1.165) is 81.2 Å². The van der Waals surface area contributed by atoms with Crippen molar-refractivity contribution in [1.82, 2.24) is 0 Å². The summed E-state index contributed by atoms with van der Waals surface area (Å²) in [6.07, 6.45) is 44.1. The molecule has 1 aliphatic heterocycles. The van der Waals surface area contributed by atoms with Crippen molar-refractivity contribution >= 4 is 11.4 Å². The van der Waals surface area contributed by atoms with Crippen LogP contribution in [-0.4, -0.2) is 4.70 Å². The topological polar surface area (TPSA) is 25.3 Å². The highest BCUT2D eigenvalue weighted by molar-refractivity contribution is 5.83. The minimum absolute atomic E-state index is 0.863. The molecule has 3 rings (SSSR count). The molecule has 2 heteroatoms. The number of aryl methyl sites for hydroxylation is 2. The first kappa shape index (κ1) is 49.4. The van der Waals surface area contributed by atoms with E-state index in [1.165, 1.54) is 182 Å². The standard InChI is InChI=1S/C56H88N2/c1-5-9-13-14-15-16-17-18-19-20-21-22-23-24-25-26-27-28-29-30-31-32-33-34-35-36-42-50-43-37-38-47-52(50)56-54(46-12-8-4)53(45-11-7-3)55(58(56)57)51-44-39-41-49(48-51)40-10-6-2/h37-39,41,43-44,47-48H,5-33,36,40,42,45-46H2,1-4H3. The van der Waals surface area contributed by atoms with Crippen LogP contribution in [0.15, 0.2) is 59.7 Å². The van der Waals surface area contributed by atoms with Crippen molar-refractivity contribution in [3.63, 3.8) is 0 Å². The van der Waals surface area contributed by atoms with Crippen molar-refractivity contribution in [3.05, 3.63) is 87.5 Å². The van der Waals surface area contributed by atoms with E-state index < -0.39 is 0 Å². The number of hydrogen-bond acceptors (Lipinski definition) is 0. The normalized spacial score (nSPS) is 12.9. The summed E-state index contributed by atoms with van der Waals surface area (Å²) in [6, 6.07) is 17.7. The van der Waals surface area contributed by atoms with Crippen molar-refractivity contribution in [2.45, 2.75) is 246 Å². The van der Waals surface area contributed by atoms with E-state index in [9.17, 15) is 5.53 Å². The fourth-order valence-corrected chi connectivity index (χ4v) is 8.89. The average Bonchev–Trinajstić information content (AvgIpc) is 3.52. The summed E-state index contributed by atoms with van der Waals surface area (Å²) in [5, 5.41) is 0. The van der Waals surface area contributed by atoms with Gasteiger partial charge in [0.25, 0.3) is 0 Å². The van der Waals surface area contributed by atoms with Crippen LogP contribution >= 0.6 is 0 Å². The van der Waals surface area contributed by atoms with Gasteiger partial charge in [0.05, 0.1) is 0 Å². The summed E-state index contributed by atoms with van der Waals surface area (Å²) in [5.74, 6) is 7.01. The molecular formula is C56H88N2. The predicted octanol–water partition coefficient (Wildman–Crippen LogP) is 18.5. The fourth-order valence-electron chi connectivity index (χ4n) is 8.89. The Labute approximate surface area is 360 Å². The van der Waals surface area contributed by atoms with Gasteiger partial charge in [-0.1, -0.05) is 212 Å². The quantitative estimate of drug-likeness (QED) is 0.0378. The molecule has 322 valence electrons. The molecular weight excluding hydrogens is 701 g/mol. The molecule has 0 N–H and O–H groups in total. The summed E-state index contributed by atoms with van der Waals surface area (Å²) < 4.78 is 1.57. The average molecular weight is 789 g/mol. The van der Waals surface area contributed by atoms with Crippen LogP contribution in [0.3, 0.4) is 0 Å². The highest BCUT2D eigenvalue weighted by Crippen LogP contribution is 2.45. The molecule has 0 unspecified atom stereocenters.